The summed E-state index contributed by atoms with van der Waals surface area (Å²) in [5.41, 5.74) is 0.496. The average molecular weight is 264 g/mol. The highest BCUT2D eigenvalue weighted by molar-refractivity contribution is 5.94. The van der Waals surface area contributed by atoms with Gasteiger partial charge in [-0.05, 0) is 18.6 Å². The van der Waals surface area contributed by atoms with Crippen LogP contribution >= 0.6 is 0 Å². The van der Waals surface area contributed by atoms with Gasteiger partial charge in [0.15, 0.2) is 0 Å². The van der Waals surface area contributed by atoms with E-state index in [1.54, 1.807) is 18.3 Å². The van der Waals surface area contributed by atoms with Crippen LogP contribution in [0.5, 0.6) is 0 Å². The normalized spacial score (nSPS) is 10.2. The molecule has 106 valence electrons. The minimum absolute atomic E-state index is 0.349. The number of nitrogens with one attached hydrogen (secondary N) is 1. The second kappa shape index (κ2) is 9.36. The van der Waals surface area contributed by atoms with E-state index in [0.717, 1.165) is 13.0 Å². The highest BCUT2D eigenvalue weighted by atomic mass is 16.5. The van der Waals surface area contributed by atoms with Gasteiger partial charge < -0.3 is 10.1 Å². The number of ether oxygens (including phenoxy) is 1. The lowest BCUT2D eigenvalue weighted by molar-refractivity contribution is 0.0601. The summed E-state index contributed by atoms with van der Waals surface area (Å²) in [7, 11) is 1.38. The first-order valence-corrected chi connectivity index (χ1v) is 7.06. The van der Waals surface area contributed by atoms with Gasteiger partial charge >= 0.3 is 5.97 Å². The molecular weight excluding hydrogens is 240 g/mol. The third-order valence-corrected chi connectivity index (χ3v) is 3.04. The molecule has 0 aliphatic heterocycles. The number of anilines is 1. The third kappa shape index (κ3) is 5.73. The molecule has 0 bridgehead atoms. The topological polar surface area (TPSA) is 51.2 Å². The summed E-state index contributed by atoms with van der Waals surface area (Å²) in [5.74, 6) is 0.265. The van der Waals surface area contributed by atoms with Crippen LogP contribution in [0.1, 0.15) is 55.8 Å². The average Bonchev–Trinajstić information content (AvgIpc) is 2.46. The molecule has 0 saturated heterocycles. The lowest BCUT2D eigenvalue weighted by Gasteiger charge is -2.09. The SMILES string of the molecule is CCCCCCCCNc1ncccc1C(=O)OC. The van der Waals surface area contributed by atoms with Crippen molar-refractivity contribution in [2.24, 2.45) is 0 Å². The van der Waals surface area contributed by atoms with Gasteiger partial charge in [0.05, 0.1) is 7.11 Å². The van der Waals surface area contributed by atoms with E-state index in [4.69, 9.17) is 4.74 Å². The summed E-state index contributed by atoms with van der Waals surface area (Å²) < 4.78 is 4.73. The molecule has 1 aromatic rings. The van der Waals surface area contributed by atoms with Crippen LogP contribution in [0.25, 0.3) is 0 Å². The van der Waals surface area contributed by atoms with E-state index in [0.29, 0.717) is 11.4 Å². The van der Waals surface area contributed by atoms with Crippen molar-refractivity contribution >= 4 is 11.8 Å². The third-order valence-electron chi connectivity index (χ3n) is 3.04. The summed E-state index contributed by atoms with van der Waals surface area (Å²) in [4.78, 5) is 15.7. The molecule has 0 amide bonds. The van der Waals surface area contributed by atoms with Crippen molar-refractivity contribution in [2.45, 2.75) is 45.4 Å². The molecule has 0 saturated carbocycles. The van der Waals surface area contributed by atoms with Crippen LogP contribution in [-0.2, 0) is 4.74 Å². The fourth-order valence-corrected chi connectivity index (χ4v) is 1.93. The van der Waals surface area contributed by atoms with Crippen molar-refractivity contribution < 1.29 is 9.53 Å². The molecule has 0 aliphatic carbocycles. The monoisotopic (exact) mass is 264 g/mol. The van der Waals surface area contributed by atoms with Gasteiger partial charge in [-0.2, -0.15) is 0 Å². The fraction of sp³-hybridized carbons (Fsp3) is 0.600. The van der Waals surface area contributed by atoms with Gasteiger partial charge in [-0.1, -0.05) is 39.0 Å². The molecule has 0 aromatic carbocycles. The molecule has 0 spiro atoms. The Morgan fingerprint density at radius 2 is 2.00 bits per heavy atom. The Kier molecular flexibility index (Phi) is 7.63. The number of rotatable bonds is 9. The molecule has 0 radical (unpaired) electrons. The number of nitrogens with zero attached hydrogens (tertiary/aromatic N) is 1. The number of hydrogen-bond acceptors (Lipinski definition) is 4. The molecule has 1 heterocycles. The number of methoxy groups -OCH3 is 1. The van der Waals surface area contributed by atoms with Gasteiger partial charge in [0.25, 0.3) is 0 Å². The van der Waals surface area contributed by atoms with Gasteiger partial charge in [0.2, 0.25) is 0 Å². The maximum atomic E-state index is 11.5. The van der Waals surface area contributed by atoms with Gasteiger partial charge in [-0.25, -0.2) is 9.78 Å². The molecule has 0 fully saturated rings. The number of pyridine rings is 1. The predicted octanol–water partition coefficient (Wildman–Crippen LogP) is 3.64. The first-order valence-electron chi connectivity index (χ1n) is 7.06. The van der Waals surface area contributed by atoms with E-state index in [9.17, 15) is 4.79 Å². The number of aromatic nitrogens is 1. The molecule has 0 unspecified atom stereocenters. The largest absolute Gasteiger partial charge is 0.465 e. The number of carbonyl (C=O) groups is 1. The van der Waals surface area contributed by atoms with Gasteiger partial charge in [-0.3, -0.25) is 0 Å². The van der Waals surface area contributed by atoms with E-state index in [1.807, 2.05) is 0 Å². The first kappa shape index (κ1) is 15.5. The molecule has 4 heteroatoms. The standard InChI is InChI=1S/C15H24N2O2/c1-3-4-5-6-7-8-11-16-14-13(15(18)19-2)10-9-12-17-14/h9-10,12H,3-8,11H2,1-2H3,(H,16,17). The lowest BCUT2D eigenvalue weighted by atomic mass is 10.1. The van der Waals surface area contributed by atoms with E-state index < -0.39 is 0 Å². The lowest BCUT2D eigenvalue weighted by Crippen LogP contribution is -2.10. The van der Waals surface area contributed by atoms with E-state index in [2.05, 4.69) is 17.2 Å². The van der Waals surface area contributed by atoms with Crippen LogP contribution in [0.15, 0.2) is 18.3 Å². The zero-order chi connectivity index (χ0) is 13.9. The smallest absolute Gasteiger partial charge is 0.341 e. The Labute approximate surface area is 115 Å². The van der Waals surface area contributed by atoms with Crippen molar-refractivity contribution in [1.29, 1.82) is 0 Å². The van der Waals surface area contributed by atoms with E-state index in [1.165, 1.54) is 39.2 Å². The second-order valence-corrected chi connectivity index (χ2v) is 4.59. The van der Waals surface area contributed by atoms with Crippen LogP contribution in [-0.4, -0.2) is 24.6 Å². The van der Waals surface area contributed by atoms with Crippen LogP contribution in [0.3, 0.4) is 0 Å². The second-order valence-electron chi connectivity index (χ2n) is 4.59. The highest BCUT2D eigenvalue weighted by Gasteiger charge is 2.11. The van der Waals surface area contributed by atoms with Crippen molar-refractivity contribution in [3.63, 3.8) is 0 Å². The van der Waals surface area contributed by atoms with Crippen molar-refractivity contribution in [2.75, 3.05) is 19.0 Å². The van der Waals surface area contributed by atoms with Crippen LogP contribution < -0.4 is 5.32 Å². The van der Waals surface area contributed by atoms with Crippen molar-refractivity contribution in [3.8, 4) is 0 Å². The Morgan fingerprint density at radius 1 is 1.26 bits per heavy atom. The molecule has 1 rings (SSSR count). The fourth-order valence-electron chi connectivity index (χ4n) is 1.93. The Hall–Kier alpha value is -1.58. The minimum atomic E-state index is -0.349. The molecule has 0 atom stereocenters. The molecule has 0 aliphatic rings. The van der Waals surface area contributed by atoms with Crippen LogP contribution in [0.2, 0.25) is 0 Å². The summed E-state index contributed by atoms with van der Waals surface area (Å²) in [6, 6.07) is 3.46. The minimum Gasteiger partial charge on any atom is -0.465 e. The zero-order valence-corrected chi connectivity index (χ0v) is 11.9. The number of esters is 1. The number of unbranched alkanes of at least 4 members (excludes halogenated alkanes) is 5. The summed E-state index contributed by atoms with van der Waals surface area (Å²) >= 11 is 0. The summed E-state index contributed by atoms with van der Waals surface area (Å²) in [6.45, 7) is 3.06. The van der Waals surface area contributed by atoms with E-state index in [-0.39, 0.29) is 5.97 Å². The Bertz CT molecular complexity index is 380. The van der Waals surface area contributed by atoms with Crippen molar-refractivity contribution in [1.82, 2.24) is 4.98 Å². The molecule has 1 aromatic heterocycles. The maximum Gasteiger partial charge on any atom is 0.341 e. The highest BCUT2D eigenvalue weighted by Crippen LogP contribution is 2.13. The Balaban J connectivity index is 2.31. The van der Waals surface area contributed by atoms with Gasteiger partial charge in [0.1, 0.15) is 11.4 Å². The summed E-state index contributed by atoms with van der Waals surface area (Å²) in [5, 5.41) is 3.21. The van der Waals surface area contributed by atoms with Crippen LogP contribution in [0.4, 0.5) is 5.82 Å². The zero-order valence-electron chi connectivity index (χ0n) is 11.9. The quantitative estimate of drug-likeness (QED) is 0.546. The molecule has 1 N–H and O–H groups in total. The van der Waals surface area contributed by atoms with Crippen LogP contribution in [0, 0.1) is 0 Å². The molecule has 19 heavy (non-hydrogen) atoms. The summed E-state index contributed by atoms with van der Waals surface area (Å²) in [6.07, 6.45) is 9.17. The molecular formula is C15H24N2O2. The van der Waals surface area contributed by atoms with Gasteiger partial charge in [-0.15, -0.1) is 0 Å². The number of carbonyl (C=O) groups excluding carboxylic acids is 1. The predicted molar refractivity (Wildman–Crippen MR) is 77.4 cm³/mol. The maximum absolute atomic E-state index is 11.5. The Morgan fingerprint density at radius 3 is 2.74 bits per heavy atom. The van der Waals surface area contributed by atoms with Gasteiger partial charge in [0, 0.05) is 12.7 Å². The van der Waals surface area contributed by atoms with E-state index >= 15 is 0 Å². The van der Waals surface area contributed by atoms with Crippen molar-refractivity contribution in [3.05, 3.63) is 23.9 Å². The molecule has 4 nitrogen and oxygen atoms in total. The first-order chi connectivity index (χ1) is 9.29. The number of hydrogen-bond donors (Lipinski definition) is 1.